The number of nitrogens with one attached hydrogen (secondary N) is 2. The van der Waals surface area contributed by atoms with E-state index < -0.39 is 34.6 Å². The second-order valence-corrected chi connectivity index (χ2v) is 11.7. The van der Waals surface area contributed by atoms with E-state index in [1.807, 2.05) is 6.92 Å². The standard InChI is InChI=1S/C24H32F3N5O3S/c1-13-8-7-9-32(13)21(35)17-18(36-20(29-17)19(34)31-23(5,6)12-33)14-11-28-16(30-22(2,3)4)10-15(14)24(25,26)27/h10-11,13,33H,7-9,12H2,1-6H3,(H,28,30)(H,31,34). The van der Waals surface area contributed by atoms with Crippen molar-refractivity contribution in [1.29, 1.82) is 0 Å². The summed E-state index contributed by atoms with van der Waals surface area (Å²) in [6.07, 6.45) is -2.15. The molecule has 0 radical (unpaired) electrons. The topological polar surface area (TPSA) is 107 Å². The molecule has 1 fully saturated rings. The monoisotopic (exact) mass is 527 g/mol. The number of aromatic nitrogens is 2. The van der Waals surface area contributed by atoms with Crippen LogP contribution >= 0.6 is 11.3 Å². The van der Waals surface area contributed by atoms with Gasteiger partial charge in [0.15, 0.2) is 5.01 Å². The number of hydrogen-bond donors (Lipinski definition) is 3. The van der Waals surface area contributed by atoms with Crippen LogP contribution in [-0.2, 0) is 6.18 Å². The number of nitrogens with zero attached hydrogens (tertiary/aromatic N) is 3. The highest BCUT2D eigenvalue weighted by atomic mass is 32.1. The minimum atomic E-state index is -4.75. The number of likely N-dealkylation sites (tertiary alicyclic amines) is 1. The number of aliphatic hydroxyl groups excluding tert-OH is 1. The first-order valence-electron chi connectivity index (χ1n) is 11.6. The molecule has 2 aromatic heterocycles. The zero-order chi connectivity index (χ0) is 27.1. The summed E-state index contributed by atoms with van der Waals surface area (Å²) in [6, 6.07) is 0.804. The summed E-state index contributed by atoms with van der Waals surface area (Å²) in [5.74, 6) is -1.19. The van der Waals surface area contributed by atoms with Crippen molar-refractivity contribution in [3.63, 3.8) is 0 Å². The third kappa shape index (κ3) is 6.33. The van der Waals surface area contributed by atoms with Crippen molar-refractivity contribution in [3.05, 3.63) is 28.5 Å². The van der Waals surface area contributed by atoms with Crippen molar-refractivity contribution in [2.24, 2.45) is 0 Å². The molecule has 0 aromatic carbocycles. The fourth-order valence-corrected chi connectivity index (χ4v) is 4.82. The van der Waals surface area contributed by atoms with E-state index in [9.17, 15) is 27.9 Å². The van der Waals surface area contributed by atoms with Gasteiger partial charge in [0, 0.05) is 29.9 Å². The van der Waals surface area contributed by atoms with E-state index in [-0.39, 0.29) is 39.6 Å². The van der Waals surface area contributed by atoms with Crippen LogP contribution in [0.3, 0.4) is 0 Å². The number of pyridine rings is 1. The van der Waals surface area contributed by atoms with Gasteiger partial charge in [-0.25, -0.2) is 9.97 Å². The van der Waals surface area contributed by atoms with Crippen LogP contribution in [0.25, 0.3) is 10.4 Å². The molecule has 2 amide bonds. The molecule has 3 rings (SSSR count). The van der Waals surface area contributed by atoms with E-state index in [1.165, 1.54) is 0 Å². The molecule has 1 unspecified atom stereocenters. The van der Waals surface area contributed by atoms with Gasteiger partial charge < -0.3 is 20.6 Å². The molecule has 1 aliphatic rings. The number of rotatable bonds is 6. The first kappa shape index (κ1) is 27.9. The van der Waals surface area contributed by atoms with Crippen LogP contribution in [0, 0.1) is 0 Å². The highest BCUT2D eigenvalue weighted by Crippen LogP contribution is 2.42. The third-order valence-electron chi connectivity index (χ3n) is 5.64. The van der Waals surface area contributed by atoms with Crippen LogP contribution in [0.5, 0.6) is 0 Å². The molecule has 0 aliphatic carbocycles. The lowest BCUT2D eigenvalue weighted by atomic mass is 10.0. The molecular weight excluding hydrogens is 495 g/mol. The van der Waals surface area contributed by atoms with Crippen molar-refractivity contribution in [1.82, 2.24) is 20.2 Å². The molecule has 1 atom stereocenters. The van der Waals surface area contributed by atoms with E-state index in [1.54, 1.807) is 39.5 Å². The fraction of sp³-hybridized carbons (Fsp3) is 0.583. The highest BCUT2D eigenvalue weighted by Gasteiger charge is 2.38. The summed E-state index contributed by atoms with van der Waals surface area (Å²) in [7, 11) is 0. The second-order valence-electron chi connectivity index (χ2n) is 10.7. The lowest BCUT2D eigenvalue weighted by molar-refractivity contribution is -0.137. The molecule has 1 aliphatic heterocycles. The van der Waals surface area contributed by atoms with Crippen LogP contribution in [0.15, 0.2) is 12.3 Å². The summed E-state index contributed by atoms with van der Waals surface area (Å²) in [5.41, 5.74) is -3.05. The van der Waals surface area contributed by atoms with Gasteiger partial charge in [-0.15, -0.1) is 11.3 Å². The predicted molar refractivity (Wildman–Crippen MR) is 132 cm³/mol. The average molecular weight is 528 g/mol. The molecule has 0 saturated carbocycles. The van der Waals surface area contributed by atoms with Gasteiger partial charge in [0.1, 0.15) is 11.5 Å². The molecule has 0 bridgehead atoms. The van der Waals surface area contributed by atoms with Crippen LogP contribution < -0.4 is 10.6 Å². The first-order chi connectivity index (χ1) is 16.5. The Balaban J connectivity index is 2.17. The molecule has 198 valence electrons. The third-order valence-corrected chi connectivity index (χ3v) is 6.73. The Bertz CT molecular complexity index is 1140. The molecule has 0 spiro atoms. The van der Waals surface area contributed by atoms with Gasteiger partial charge in [-0.1, -0.05) is 0 Å². The number of anilines is 1. The van der Waals surface area contributed by atoms with Gasteiger partial charge >= 0.3 is 6.18 Å². The maximum absolute atomic E-state index is 14.2. The smallest absolute Gasteiger partial charge is 0.394 e. The molecule has 3 N–H and O–H groups in total. The van der Waals surface area contributed by atoms with Crippen LogP contribution in [0.4, 0.5) is 19.0 Å². The molecule has 1 saturated heterocycles. The number of carbonyl (C=O) groups is 2. The van der Waals surface area contributed by atoms with Gasteiger partial charge in [0.25, 0.3) is 11.8 Å². The summed E-state index contributed by atoms with van der Waals surface area (Å²) >= 11 is 0.697. The van der Waals surface area contributed by atoms with Gasteiger partial charge in [0.2, 0.25) is 0 Å². The maximum atomic E-state index is 14.2. The molecule has 12 heteroatoms. The normalized spacial score (nSPS) is 16.8. The Hall–Kier alpha value is -2.73. The summed E-state index contributed by atoms with van der Waals surface area (Å²) in [5, 5.41) is 14.8. The summed E-state index contributed by atoms with van der Waals surface area (Å²) in [4.78, 5) is 36.2. The molecular formula is C24H32F3N5O3S. The molecule has 3 heterocycles. The molecule has 2 aromatic rings. The predicted octanol–water partition coefficient (Wildman–Crippen LogP) is 4.56. The minimum absolute atomic E-state index is 0.0341. The fourth-order valence-electron chi connectivity index (χ4n) is 3.84. The largest absolute Gasteiger partial charge is 0.417 e. The van der Waals surface area contributed by atoms with Crippen LogP contribution in [-0.4, -0.2) is 62.1 Å². The Kier molecular flexibility index (Phi) is 7.71. The van der Waals surface area contributed by atoms with E-state index in [2.05, 4.69) is 20.6 Å². The Morgan fingerprint density at radius 1 is 1.22 bits per heavy atom. The van der Waals surface area contributed by atoms with Gasteiger partial charge in [-0.3, -0.25) is 9.59 Å². The lowest BCUT2D eigenvalue weighted by Crippen LogP contribution is -2.46. The quantitative estimate of drug-likeness (QED) is 0.509. The minimum Gasteiger partial charge on any atom is -0.394 e. The van der Waals surface area contributed by atoms with E-state index >= 15 is 0 Å². The Morgan fingerprint density at radius 2 is 1.89 bits per heavy atom. The molecule has 8 nitrogen and oxygen atoms in total. The van der Waals surface area contributed by atoms with Crippen molar-refractivity contribution in [3.8, 4) is 10.4 Å². The van der Waals surface area contributed by atoms with Crippen molar-refractivity contribution >= 4 is 29.0 Å². The number of amides is 2. The lowest BCUT2D eigenvalue weighted by Gasteiger charge is -2.23. The zero-order valence-electron chi connectivity index (χ0n) is 21.2. The number of hydrogen-bond acceptors (Lipinski definition) is 7. The van der Waals surface area contributed by atoms with E-state index in [0.29, 0.717) is 17.9 Å². The Morgan fingerprint density at radius 3 is 2.42 bits per heavy atom. The van der Waals surface area contributed by atoms with Crippen molar-refractivity contribution in [2.45, 2.75) is 77.7 Å². The average Bonchev–Trinajstić information content (AvgIpc) is 3.38. The van der Waals surface area contributed by atoms with Gasteiger partial charge in [0.05, 0.1) is 22.6 Å². The number of carbonyl (C=O) groups excluding carboxylic acids is 2. The maximum Gasteiger partial charge on any atom is 0.417 e. The van der Waals surface area contributed by atoms with E-state index in [4.69, 9.17) is 0 Å². The highest BCUT2D eigenvalue weighted by molar-refractivity contribution is 7.17. The van der Waals surface area contributed by atoms with Crippen LogP contribution in [0.2, 0.25) is 0 Å². The second kappa shape index (κ2) is 9.97. The number of thiazole rings is 1. The summed E-state index contributed by atoms with van der Waals surface area (Å²) in [6.45, 7) is 10.5. The van der Waals surface area contributed by atoms with Gasteiger partial charge in [-0.2, -0.15) is 13.2 Å². The van der Waals surface area contributed by atoms with Crippen molar-refractivity contribution in [2.75, 3.05) is 18.5 Å². The zero-order valence-corrected chi connectivity index (χ0v) is 22.0. The summed E-state index contributed by atoms with van der Waals surface area (Å²) < 4.78 is 42.6. The molecule has 36 heavy (non-hydrogen) atoms. The first-order valence-corrected chi connectivity index (χ1v) is 12.4. The van der Waals surface area contributed by atoms with Gasteiger partial charge in [-0.05, 0) is 60.5 Å². The Labute approximate surface area is 212 Å². The van der Waals surface area contributed by atoms with E-state index in [0.717, 1.165) is 25.1 Å². The number of halogens is 3. The number of aliphatic hydroxyl groups is 1. The number of alkyl halides is 3. The SMILES string of the molecule is CC1CCCN1C(=O)c1nc(C(=O)NC(C)(C)CO)sc1-c1cnc(NC(C)(C)C)cc1C(F)(F)F. The van der Waals surface area contributed by atoms with Crippen molar-refractivity contribution < 1.29 is 27.9 Å². The van der Waals surface area contributed by atoms with Crippen LogP contribution in [0.1, 0.15) is 80.2 Å².